The molecule has 0 aliphatic carbocycles. The third-order valence-corrected chi connectivity index (χ3v) is 3.62. The quantitative estimate of drug-likeness (QED) is 0.874. The van der Waals surface area contributed by atoms with Gasteiger partial charge in [0, 0.05) is 18.6 Å². The predicted octanol–water partition coefficient (Wildman–Crippen LogP) is 2.56. The number of hydrogen-bond donors (Lipinski definition) is 1. The van der Waals surface area contributed by atoms with Crippen LogP contribution in [0.2, 0.25) is 0 Å². The van der Waals surface area contributed by atoms with E-state index < -0.39 is 0 Å². The summed E-state index contributed by atoms with van der Waals surface area (Å²) in [5.41, 5.74) is 1.25. The molecule has 1 fully saturated rings. The van der Waals surface area contributed by atoms with Crippen molar-refractivity contribution in [1.29, 1.82) is 0 Å². The minimum absolute atomic E-state index is 0.329. The molecule has 1 saturated heterocycles. The molecule has 2 atom stereocenters. The fourth-order valence-corrected chi connectivity index (χ4v) is 2.47. The third kappa shape index (κ3) is 2.79. The van der Waals surface area contributed by atoms with E-state index in [1.54, 1.807) is 12.1 Å². The van der Waals surface area contributed by atoms with Gasteiger partial charge in [-0.3, -0.25) is 4.90 Å². The van der Waals surface area contributed by atoms with Gasteiger partial charge >= 0.3 is 0 Å². The minimum atomic E-state index is 0.329. The zero-order valence-corrected chi connectivity index (χ0v) is 10.6. The van der Waals surface area contributed by atoms with Gasteiger partial charge in [-0.05, 0) is 31.0 Å². The van der Waals surface area contributed by atoms with E-state index in [1.807, 2.05) is 12.1 Å². The average molecular weight is 235 g/mol. The van der Waals surface area contributed by atoms with Crippen LogP contribution in [-0.2, 0) is 4.74 Å². The van der Waals surface area contributed by atoms with Gasteiger partial charge in [0.05, 0.1) is 13.2 Å². The Labute approximate surface area is 103 Å². The number of benzene rings is 1. The fourth-order valence-electron chi connectivity index (χ4n) is 2.47. The van der Waals surface area contributed by atoms with Crippen molar-refractivity contribution < 1.29 is 9.84 Å². The molecule has 94 valence electrons. The van der Waals surface area contributed by atoms with E-state index in [9.17, 15) is 5.11 Å². The number of hydrogen-bond acceptors (Lipinski definition) is 3. The average Bonchev–Trinajstić information content (AvgIpc) is 2.39. The summed E-state index contributed by atoms with van der Waals surface area (Å²) in [4.78, 5) is 2.50. The summed E-state index contributed by atoms with van der Waals surface area (Å²) in [7, 11) is 0. The highest BCUT2D eigenvalue weighted by atomic mass is 16.5. The second-order valence-corrected chi connectivity index (χ2v) is 4.64. The summed E-state index contributed by atoms with van der Waals surface area (Å²) in [5.74, 6) is 0.329. The molecule has 0 amide bonds. The Kier molecular flexibility index (Phi) is 4.02. The maximum atomic E-state index is 9.31. The fraction of sp³-hybridized carbons (Fsp3) is 0.571. The molecule has 0 spiro atoms. The Hall–Kier alpha value is -1.06. The minimum Gasteiger partial charge on any atom is -0.508 e. The Bertz CT molecular complexity index is 350. The van der Waals surface area contributed by atoms with Crippen LogP contribution in [0.5, 0.6) is 5.75 Å². The van der Waals surface area contributed by atoms with E-state index >= 15 is 0 Å². The second-order valence-electron chi connectivity index (χ2n) is 4.64. The Balaban J connectivity index is 2.12. The Morgan fingerprint density at radius 1 is 1.41 bits per heavy atom. The first-order valence-electron chi connectivity index (χ1n) is 6.34. The van der Waals surface area contributed by atoms with Crippen molar-refractivity contribution in [2.75, 3.05) is 19.8 Å². The van der Waals surface area contributed by atoms with Crippen LogP contribution in [-0.4, -0.2) is 35.8 Å². The molecule has 0 bridgehead atoms. The zero-order chi connectivity index (χ0) is 12.3. The van der Waals surface area contributed by atoms with Crippen molar-refractivity contribution in [2.24, 2.45) is 0 Å². The van der Waals surface area contributed by atoms with Crippen LogP contribution in [0.15, 0.2) is 24.3 Å². The molecule has 2 rings (SSSR count). The predicted molar refractivity (Wildman–Crippen MR) is 68.1 cm³/mol. The molecule has 3 nitrogen and oxygen atoms in total. The molecular formula is C14H21NO2. The van der Waals surface area contributed by atoms with Gasteiger partial charge in [-0.15, -0.1) is 0 Å². The highest BCUT2D eigenvalue weighted by Crippen LogP contribution is 2.26. The number of aromatic hydroxyl groups is 1. The lowest BCUT2D eigenvalue weighted by atomic mass is 10.0. The maximum absolute atomic E-state index is 9.31. The molecular weight excluding hydrogens is 214 g/mol. The normalized spacial score (nSPS) is 23.5. The van der Waals surface area contributed by atoms with Crippen LogP contribution in [0, 0.1) is 0 Å². The van der Waals surface area contributed by atoms with Crippen molar-refractivity contribution in [3.63, 3.8) is 0 Å². The van der Waals surface area contributed by atoms with Gasteiger partial charge < -0.3 is 9.84 Å². The molecule has 1 aliphatic rings. The monoisotopic (exact) mass is 235 g/mol. The first-order valence-corrected chi connectivity index (χ1v) is 6.34. The number of phenols is 1. The van der Waals surface area contributed by atoms with Crippen molar-refractivity contribution in [1.82, 2.24) is 4.90 Å². The SMILES string of the molecule is CCC1COCCN1C(C)c1ccc(O)cc1. The first kappa shape index (κ1) is 12.4. The van der Waals surface area contributed by atoms with Crippen molar-refractivity contribution in [3.8, 4) is 5.75 Å². The number of ether oxygens (including phenoxy) is 1. The summed E-state index contributed by atoms with van der Waals surface area (Å²) in [6.07, 6.45) is 1.11. The standard InChI is InChI=1S/C14H21NO2/c1-3-13-10-17-9-8-15(13)11(2)12-4-6-14(16)7-5-12/h4-7,11,13,16H,3,8-10H2,1-2H3. The van der Waals surface area contributed by atoms with Crippen LogP contribution in [0.25, 0.3) is 0 Å². The number of phenolic OH excluding ortho intramolecular Hbond substituents is 1. The topological polar surface area (TPSA) is 32.7 Å². The van der Waals surface area contributed by atoms with Crippen LogP contribution >= 0.6 is 0 Å². The number of rotatable bonds is 3. The van der Waals surface area contributed by atoms with Crippen molar-refractivity contribution in [2.45, 2.75) is 32.4 Å². The van der Waals surface area contributed by atoms with Crippen molar-refractivity contribution in [3.05, 3.63) is 29.8 Å². The van der Waals surface area contributed by atoms with Gasteiger partial charge in [0.25, 0.3) is 0 Å². The van der Waals surface area contributed by atoms with Crippen LogP contribution in [0.3, 0.4) is 0 Å². The van der Waals surface area contributed by atoms with Gasteiger partial charge in [0.15, 0.2) is 0 Å². The van der Waals surface area contributed by atoms with Crippen LogP contribution in [0.4, 0.5) is 0 Å². The Morgan fingerprint density at radius 3 is 2.76 bits per heavy atom. The second kappa shape index (κ2) is 5.52. The molecule has 1 aromatic rings. The zero-order valence-electron chi connectivity index (χ0n) is 10.6. The largest absolute Gasteiger partial charge is 0.508 e. The van der Waals surface area contributed by atoms with Gasteiger partial charge in [0.2, 0.25) is 0 Å². The summed E-state index contributed by atoms with van der Waals surface area (Å²) in [6, 6.07) is 8.40. The van der Waals surface area contributed by atoms with Gasteiger partial charge in [-0.25, -0.2) is 0 Å². The van der Waals surface area contributed by atoms with E-state index in [1.165, 1.54) is 5.56 Å². The molecule has 17 heavy (non-hydrogen) atoms. The molecule has 1 N–H and O–H groups in total. The van der Waals surface area contributed by atoms with E-state index in [2.05, 4.69) is 18.7 Å². The molecule has 0 saturated carbocycles. The lowest BCUT2D eigenvalue weighted by Crippen LogP contribution is -2.46. The van der Waals surface area contributed by atoms with E-state index in [0.717, 1.165) is 26.2 Å². The number of morpholine rings is 1. The van der Waals surface area contributed by atoms with E-state index in [0.29, 0.717) is 17.8 Å². The molecule has 1 aromatic carbocycles. The summed E-state index contributed by atoms with van der Waals surface area (Å²) < 4.78 is 5.53. The molecule has 1 heterocycles. The summed E-state index contributed by atoms with van der Waals surface area (Å²) >= 11 is 0. The van der Waals surface area contributed by atoms with Crippen LogP contribution in [0.1, 0.15) is 31.9 Å². The molecule has 3 heteroatoms. The smallest absolute Gasteiger partial charge is 0.115 e. The molecule has 0 aromatic heterocycles. The molecule has 2 unspecified atom stereocenters. The van der Waals surface area contributed by atoms with Crippen LogP contribution < -0.4 is 0 Å². The Morgan fingerprint density at radius 2 is 2.12 bits per heavy atom. The summed E-state index contributed by atoms with van der Waals surface area (Å²) in [5, 5.41) is 9.31. The van der Waals surface area contributed by atoms with E-state index in [4.69, 9.17) is 4.74 Å². The number of nitrogens with zero attached hydrogens (tertiary/aromatic N) is 1. The van der Waals surface area contributed by atoms with Crippen molar-refractivity contribution >= 4 is 0 Å². The highest BCUT2D eigenvalue weighted by molar-refractivity contribution is 5.27. The summed E-state index contributed by atoms with van der Waals surface area (Å²) in [6.45, 7) is 7.06. The lowest BCUT2D eigenvalue weighted by Gasteiger charge is -2.39. The van der Waals surface area contributed by atoms with E-state index in [-0.39, 0.29) is 0 Å². The lowest BCUT2D eigenvalue weighted by molar-refractivity contribution is -0.0272. The first-order chi connectivity index (χ1) is 8.22. The molecule has 1 aliphatic heterocycles. The van der Waals surface area contributed by atoms with Gasteiger partial charge in [0.1, 0.15) is 5.75 Å². The van der Waals surface area contributed by atoms with Gasteiger partial charge in [-0.2, -0.15) is 0 Å². The molecule has 0 radical (unpaired) electrons. The third-order valence-electron chi connectivity index (χ3n) is 3.62. The van der Waals surface area contributed by atoms with Gasteiger partial charge in [-0.1, -0.05) is 19.1 Å². The highest BCUT2D eigenvalue weighted by Gasteiger charge is 2.26. The maximum Gasteiger partial charge on any atom is 0.115 e.